The van der Waals surface area contributed by atoms with Crippen molar-refractivity contribution in [3.05, 3.63) is 100 Å². The van der Waals surface area contributed by atoms with Gasteiger partial charge < -0.3 is 32.7 Å². The fourth-order valence-electron chi connectivity index (χ4n) is 3.84. The molecule has 4 N–H and O–H groups in total. The number of halogens is 3. The largest absolute Gasteiger partial charge is 1.00 e. The molecule has 3 aromatic heterocycles. The van der Waals surface area contributed by atoms with Crippen molar-refractivity contribution in [2.45, 2.75) is 12.5 Å². The number of hydrogen-bond acceptors (Lipinski definition) is 8. The second-order valence-electron chi connectivity index (χ2n) is 8.39. The maximum atomic E-state index is 15.0. The van der Waals surface area contributed by atoms with Gasteiger partial charge in [0.25, 0.3) is 11.5 Å². The molecule has 0 bridgehead atoms. The minimum atomic E-state index is -1.04. The molecule has 3 heterocycles. The lowest BCUT2D eigenvalue weighted by Gasteiger charge is -2.11. The summed E-state index contributed by atoms with van der Waals surface area (Å²) in [5, 5.41) is 32.5. The van der Waals surface area contributed by atoms with Crippen LogP contribution in [0.15, 0.2) is 71.8 Å². The molecule has 14 heteroatoms. The number of fused-ring (bicyclic) bond motifs is 1. The van der Waals surface area contributed by atoms with Gasteiger partial charge in [0.15, 0.2) is 17.2 Å². The van der Waals surface area contributed by atoms with E-state index in [2.05, 4.69) is 25.6 Å². The van der Waals surface area contributed by atoms with E-state index in [1.165, 1.54) is 48.8 Å². The first-order valence-corrected chi connectivity index (χ1v) is 11.6. The Kier molecular flexibility index (Phi) is 8.48. The molecular weight excluding hydrogens is 550 g/mol. The number of nitrogens with one attached hydrogen (secondary N) is 2. The SMILES string of the molecule is O=C(Nc1ccc(Oc2ccnc3n[nH]c(C[C@H](O)CO)c23)c(F)c1)c1ccnn(-c2ccc(F)cc2)c1=O.[Cl-].[H+]. The van der Waals surface area contributed by atoms with Crippen LogP contribution in [0.3, 0.4) is 0 Å². The predicted octanol–water partition coefficient (Wildman–Crippen LogP) is -0.161. The number of anilines is 1. The number of aliphatic hydroxyl groups excluding tert-OH is 2. The highest BCUT2D eigenvalue weighted by Crippen LogP contribution is 2.33. The van der Waals surface area contributed by atoms with Gasteiger partial charge in [0.05, 0.1) is 29.5 Å². The number of aromatic nitrogens is 5. The Hall–Kier alpha value is -4.72. The van der Waals surface area contributed by atoms with Crippen LogP contribution in [0.5, 0.6) is 11.5 Å². The molecule has 0 fully saturated rings. The van der Waals surface area contributed by atoms with Crippen LogP contribution in [0.4, 0.5) is 14.5 Å². The normalized spacial score (nSPS) is 11.6. The Bertz CT molecular complexity index is 1730. The van der Waals surface area contributed by atoms with E-state index in [4.69, 9.17) is 9.84 Å². The lowest BCUT2D eigenvalue weighted by atomic mass is 10.1. The molecule has 0 aliphatic carbocycles. The van der Waals surface area contributed by atoms with Crippen molar-refractivity contribution >= 4 is 22.6 Å². The fraction of sp³-hybridized carbons (Fsp3) is 0.115. The zero-order valence-electron chi connectivity index (χ0n) is 21.4. The van der Waals surface area contributed by atoms with Crippen LogP contribution in [0.2, 0.25) is 0 Å². The zero-order valence-corrected chi connectivity index (χ0v) is 21.1. The molecule has 0 radical (unpaired) electrons. The summed E-state index contributed by atoms with van der Waals surface area (Å²) in [6, 6.07) is 11.4. The van der Waals surface area contributed by atoms with Crippen molar-refractivity contribution in [1.82, 2.24) is 25.0 Å². The molecule has 206 valence electrons. The standard InChI is InChI=1S/C26H20F2N6O5.ClH/c27-14-1-4-16(5-2-14)34-26(38)18(7-10-30-34)25(37)31-15-3-6-21(19(28)11-15)39-22-8-9-29-24-23(22)20(32-33-24)12-17(36)13-35;/h1-11,17,35-36H,12-13H2,(H,31,37)(H,29,32,33);1H/t17-;/m0./s1. The number of aromatic amines is 1. The summed E-state index contributed by atoms with van der Waals surface area (Å²) >= 11 is 0. The molecule has 5 rings (SSSR count). The van der Waals surface area contributed by atoms with Gasteiger partial charge in [-0.2, -0.15) is 14.9 Å². The second kappa shape index (κ2) is 12.0. The van der Waals surface area contributed by atoms with Gasteiger partial charge in [0.2, 0.25) is 0 Å². The summed E-state index contributed by atoms with van der Waals surface area (Å²) in [4.78, 5) is 29.7. The summed E-state index contributed by atoms with van der Waals surface area (Å²) in [5.74, 6) is -2.06. The topological polar surface area (TPSA) is 155 Å². The molecule has 11 nitrogen and oxygen atoms in total. The zero-order chi connectivity index (χ0) is 27.5. The smallest absolute Gasteiger partial charge is 1.00 e. The first-order valence-electron chi connectivity index (χ1n) is 11.6. The van der Waals surface area contributed by atoms with E-state index in [1.54, 1.807) is 0 Å². The Morgan fingerprint density at radius 3 is 2.60 bits per heavy atom. The van der Waals surface area contributed by atoms with Gasteiger partial charge in [0, 0.05) is 30.6 Å². The van der Waals surface area contributed by atoms with Gasteiger partial charge >= 0.3 is 1.43 Å². The predicted molar refractivity (Wildman–Crippen MR) is 136 cm³/mol. The first-order chi connectivity index (χ1) is 18.8. The highest BCUT2D eigenvalue weighted by atomic mass is 35.5. The molecule has 5 aromatic rings. The van der Waals surface area contributed by atoms with Gasteiger partial charge in [-0.25, -0.2) is 13.8 Å². The average Bonchev–Trinajstić information content (AvgIpc) is 3.34. The molecule has 40 heavy (non-hydrogen) atoms. The van der Waals surface area contributed by atoms with E-state index in [-0.39, 0.29) is 54.3 Å². The number of ether oxygens (including phenoxy) is 1. The third kappa shape index (κ3) is 5.81. The number of aliphatic hydroxyl groups is 2. The number of carbonyl (C=O) groups excluding carboxylic acids is 1. The molecule has 0 aliphatic heterocycles. The van der Waals surface area contributed by atoms with E-state index in [9.17, 15) is 23.5 Å². The number of H-pyrrole nitrogens is 1. The molecule has 0 saturated carbocycles. The van der Waals surface area contributed by atoms with Crippen molar-refractivity contribution in [3.8, 4) is 17.2 Å². The van der Waals surface area contributed by atoms with Crippen LogP contribution in [0, 0.1) is 11.6 Å². The lowest BCUT2D eigenvalue weighted by Crippen LogP contribution is -3.00. The van der Waals surface area contributed by atoms with Crippen molar-refractivity contribution < 1.29 is 42.4 Å². The van der Waals surface area contributed by atoms with E-state index >= 15 is 0 Å². The molecule has 1 amide bonds. The highest BCUT2D eigenvalue weighted by Gasteiger charge is 2.18. The minimum absolute atomic E-state index is 0. The first kappa shape index (κ1) is 28.3. The van der Waals surface area contributed by atoms with E-state index < -0.39 is 35.8 Å². The fourth-order valence-corrected chi connectivity index (χ4v) is 3.84. The van der Waals surface area contributed by atoms with Crippen LogP contribution in [0.25, 0.3) is 16.7 Å². The molecule has 1 atom stereocenters. The number of benzene rings is 2. The minimum Gasteiger partial charge on any atom is -1.00 e. The molecule has 2 aromatic carbocycles. The quantitative estimate of drug-likeness (QED) is 0.201. The lowest BCUT2D eigenvalue weighted by molar-refractivity contribution is -0.0000193. The average molecular weight is 571 g/mol. The molecule has 0 aliphatic rings. The van der Waals surface area contributed by atoms with E-state index in [0.29, 0.717) is 11.1 Å². The number of pyridine rings is 1. The van der Waals surface area contributed by atoms with Gasteiger partial charge in [-0.15, -0.1) is 0 Å². The maximum Gasteiger partial charge on any atom is 1.00 e. The monoisotopic (exact) mass is 570 g/mol. The number of nitrogens with zero attached hydrogens (tertiary/aromatic N) is 4. The van der Waals surface area contributed by atoms with Crippen molar-refractivity contribution in [2.75, 3.05) is 11.9 Å². The van der Waals surface area contributed by atoms with Gasteiger partial charge in [-0.1, -0.05) is 0 Å². The van der Waals surface area contributed by atoms with Gasteiger partial charge in [-0.3, -0.25) is 14.7 Å². The number of amides is 1. The summed E-state index contributed by atoms with van der Waals surface area (Å²) in [6.45, 7) is -0.460. The third-order valence-electron chi connectivity index (χ3n) is 5.71. The van der Waals surface area contributed by atoms with Gasteiger partial charge in [0.1, 0.15) is 17.1 Å². The van der Waals surface area contributed by atoms with Crippen molar-refractivity contribution in [1.29, 1.82) is 0 Å². The Labute approximate surface area is 232 Å². The van der Waals surface area contributed by atoms with Crippen LogP contribution in [0.1, 0.15) is 17.5 Å². The third-order valence-corrected chi connectivity index (χ3v) is 5.71. The maximum absolute atomic E-state index is 15.0. The van der Waals surface area contributed by atoms with E-state index in [1.807, 2.05) is 0 Å². The Morgan fingerprint density at radius 1 is 1.10 bits per heavy atom. The van der Waals surface area contributed by atoms with Crippen LogP contribution >= 0.6 is 0 Å². The summed E-state index contributed by atoms with van der Waals surface area (Å²) < 4.78 is 34.9. The van der Waals surface area contributed by atoms with Gasteiger partial charge in [-0.05, 0) is 48.5 Å². The summed E-state index contributed by atoms with van der Waals surface area (Å²) in [5.41, 5.74) is 0.0470. The second-order valence-corrected chi connectivity index (χ2v) is 8.39. The number of hydrogen-bond donors (Lipinski definition) is 4. The van der Waals surface area contributed by atoms with Crippen molar-refractivity contribution in [2.24, 2.45) is 0 Å². The molecule has 0 spiro atoms. The number of carbonyl (C=O) groups is 1. The molecule has 0 unspecified atom stereocenters. The summed E-state index contributed by atoms with van der Waals surface area (Å²) in [7, 11) is 0. The Balaban J connectivity index is 0.00000231. The number of rotatable bonds is 8. The van der Waals surface area contributed by atoms with Crippen LogP contribution in [-0.4, -0.2) is 53.8 Å². The van der Waals surface area contributed by atoms with Crippen LogP contribution in [-0.2, 0) is 6.42 Å². The molecule has 0 saturated heterocycles. The highest BCUT2D eigenvalue weighted by molar-refractivity contribution is 6.04. The van der Waals surface area contributed by atoms with Crippen LogP contribution < -0.4 is 28.0 Å². The molecular formula is C26H21ClF2N6O5. The Morgan fingerprint density at radius 2 is 1.88 bits per heavy atom. The summed E-state index contributed by atoms with van der Waals surface area (Å²) in [6.07, 6.45) is 1.67. The van der Waals surface area contributed by atoms with Crippen molar-refractivity contribution in [3.63, 3.8) is 0 Å². The van der Waals surface area contributed by atoms with E-state index in [0.717, 1.165) is 22.9 Å².